The third-order valence-corrected chi connectivity index (χ3v) is 13.7. The first-order valence-electron chi connectivity index (χ1n) is 24.0. The fraction of sp³-hybridized carbons (Fsp3) is 0.358. The van der Waals surface area contributed by atoms with Crippen LogP contribution < -0.4 is 27.3 Å². The topological polar surface area (TPSA) is 215 Å². The molecule has 7 aromatic rings. The molecule has 2 amide bonds. The van der Waals surface area contributed by atoms with Gasteiger partial charge in [0.2, 0.25) is 11.8 Å². The summed E-state index contributed by atoms with van der Waals surface area (Å²) in [6.45, 7) is 11.6. The van der Waals surface area contributed by atoms with Crippen LogP contribution in [-0.4, -0.2) is 92.2 Å². The molecule has 2 saturated heterocycles. The van der Waals surface area contributed by atoms with Crippen molar-refractivity contribution in [3.8, 4) is 16.9 Å². The van der Waals surface area contributed by atoms with Crippen LogP contribution in [0, 0.1) is 5.82 Å². The molecule has 0 saturated carbocycles. The Balaban J connectivity index is 0.000000238. The molecule has 18 nitrogen and oxygen atoms in total. The van der Waals surface area contributed by atoms with Gasteiger partial charge in [0.1, 0.15) is 28.8 Å². The maximum Gasteiger partial charge on any atom is 0.290 e. The van der Waals surface area contributed by atoms with Gasteiger partial charge in [0.25, 0.3) is 16.7 Å². The molecule has 73 heavy (non-hydrogen) atoms. The van der Waals surface area contributed by atoms with E-state index in [2.05, 4.69) is 35.9 Å². The zero-order valence-electron chi connectivity index (χ0n) is 41.8. The number of hydrogen-bond donors (Lipinski definition) is 3. The van der Waals surface area contributed by atoms with Crippen molar-refractivity contribution >= 4 is 57.2 Å². The molecular formula is C53H58ClFN12O6. The van der Waals surface area contributed by atoms with Gasteiger partial charge in [0, 0.05) is 89.1 Å². The molecule has 0 spiro atoms. The molecule has 2 aliphatic rings. The predicted octanol–water partition coefficient (Wildman–Crippen LogP) is 7.24. The van der Waals surface area contributed by atoms with E-state index in [0.717, 1.165) is 60.1 Å². The molecule has 2 aliphatic heterocycles. The fourth-order valence-electron chi connectivity index (χ4n) is 9.28. The lowest BCUT2D eigenvalue weighted by Crippen LogP contribution is -2.36. The van der Waals surface area contributed by atoms with Gasteiger partial charge < -0.3 is 25.5 Å². The van der Waals surface area contributed by atoms with Crippen LogP contribution in [0.5, 0.6) is 0 Å². The second-order valence-corrected chi connectivity index (χ2v) is 19.8. The normalized spacial score (nSPS) is 14.4. The Labute approximate surface area is 425 Å². The number of aryl methyl sites for hydroxylation is 2. The highest BCUT2D eigenvalue weighted by atomic mass is 35.5. The number of nitrogens with zero attached hydrogens (tertiary/aromatic N) is 10. The molecule has 9 rings (SSSR count). The highest BCUT2D eigenvalue weighted by Crippen LogP contribution is 2.32. The number of piperidine rings is 2. The number of benzene rings is 2. The second kappa shape index (κ2) is 21.6. The van der Waals surface area contributed by atoms with Gasteiger partial charge in [-0.05, 0) is 96.0 Å². The molecule has 380 valence electrons. The number of carbonyl (C=O) groups excluding carboxylic acids is 2. The van der Waals surface area contributed by atoms with Crippen LogP contribution in [0.2, 0.25) is 5.15 Å². The van der Waals surface area contributed by atoms with Crippen LogP contribution in [-0.2, 0) is 35.7 Å². The Kier molecular flexibility index (Phi) is 15.3. The molecular weight excluding hydrogens is 955 g/mol. The lowest BCUT2D eigenvalue weighted by Gasteiger charge is -2.31. The average Bonchev–Trinajstić information content (AvgIpc) is 3.37. The number of nitrogens with one attached hydrogen (secondary N) is 2. The molecule has 2 fully saturated rings. The molecule has 2 aromatic carbocycles. The fourth-order valence-corrected chi connectivity index (χ4v) is 9.50. The summed E-state index contributed by atoms with van der Waals surface area (Å²) >= 11 is 5.89. The van der Waals surface area contributed by atoms with Crippen LogP contribution in [0.4, 0.5) is 27.4 Å². The van der Waals surface area contributed by atoms with Crippen molar-refractivity contribution in [3.05, 3.63) is 150 Å². The van der Waals surface area contributed by atoms with Crippen molar-refractivity contribution in [1.82, 2.24) is 49.1 Å². The molecule has 7 heterocycles. The number of aliphatic hydroxyl groups is 1. The van der Waals surface area contributed by atoms with Crippen molar-refractivity contribution in [2.45, 2.75) is 84.2 Å². The Bertz CT molecular complexity index is 3380. The molecule has 5 aromatic heterocycles. The van der Waals surface area contributed by atoms with Crippen LogP contribution in [0.3, 0.4) is 0 Å². The largest absolute Gasteiger partial charge is 0.392 e. The minimum absolute atomic E-state index is 0.0895. The van der Waals surface area contributed by atoms with Gasteiger partial charge in [-0.1, -0.05) is 56.6 Å². The highest BCUT2D eigenvalue weighted by Gasteiger charge is 2.25. The summed E-state index contributed by atoms with van der Waals surface area (Å²) in [6, 6.07) is 18.9. The number of carbonyl (C=O) groups is 2. The second-order valence-electron chi connectivity index (χ2n) is 19.4. The van der Waals surface area contributed by atoms with Gasteiger partial charge in [-0.15, -0.1) is 0 Å². The number of hydrogen-bond acceptors (Lipinski definition) is 13. The Morgan fingerprint density at radius 1 is 0.726 bits per heavy atom. The number of pyridine rings is 2. The van der Waals surface area contributed by atoms with Crippen LogP contribution in [0.1, 0.15) is 94.4 Å². The smallest absolute Gasteiger partial charge is 0.290 e. The number of rotatable bonds is 9. The molecule has 0 unspecified atom stereocenters. The van der Waals surface area contributed by atoms with Gasteiger partial charge >= 0.3 is 0 Å². The van der Waals surface area contributed by atoms with E-state index in [-0.39, 0.29) is 50.3 Å². The van der Waals surface area contributed by atoms with Crippen molar-refractivity contribution in [3.63, 3.8) is 0 Å². The average molecular weight is 1010 g/mol. The summed E-state index contributed by atoms with van der Waals surface area (Å²) in [4.78, 5) is 74.6. The Morgan fingerprint density at radius 2 is 1.26 bits per heavy atom. The zero-order chi connectivity index (χ0) is 52.3. The third kappa shape index (κ3) is 11.5. The number of halogens is 2. The molecule has 0 bridgehead atoms. The van der Waals surface area contributed by atoms with Crippen LogP contribution in [0.25, 0.3) is 27.7 Å². The monoisotopic (exact) mass is 1010 g/mol. The summed E-state index contributed by atoms with van der Waals surface area (Å²) in [5.74, 6) is 1.32. The van der Waals surface area contributed by atoms with Crippen LogP contribution in [0.15, 0.2) is 99.7 Å². The summed E-state index contributed by atoms with van der Waals surface area (Å²) in [5.41, 5.74) is 3.27. The van der Waals surface area contributed by atoms with E-state index in [1.165, 1.54) is 34.7 Å². The number of anilines is 4. The number of aromatic nitrogens is 8. The lowest BCUT2D eigenvalue weighted by atomic mass is 9.86. The third-order valence-electron chi connectivity index (χ3n) is 13.5. The Morgan fingerprint density at radius 3 is 1.75 bits per heavy atom. The van der Waals surface area contributed by atoms with E-state index < -0.39 is 18.0 Å². The summed E-state index contributed by atoms with van der Waals surface area (Å²) < 4.78 is 18.8. The van der Waals surface area contributed by atoms with Gasteiger partial charge in [0.15, 0.2) is 5.15 Å². The minimum Gasteiger partial charge on any atom is -0.392 e. The molecule has 20 heteroatoms. The maximum atomic E-state index is 15.4. The van der Waals surface area contributed by atoms with Crippen molar-refractivity contribution in [2.75, 3.05) is 36.8 Å². The predicted molar refractivity (Wildman–Crippen MR) is 278 cm³/mol. The number of fused-ring (bicyclic) bond motifs is 1. The van der Waals surface area contributed by atoms with Gasteiger partial charge in [-0.25, -0.2) is 23.7 Å². The van der Waals surface area contributed by atoms with Crippen molar-refractivity contribution in [2.24, 2.45) is 14.1 Å². The first-order chi connectivity index (χ1) is 34.8. The standard InChI is InChI=1S/C36H38FN7O4.C17H20ClN5O2/c1-21(46)43-13-11-22(12-14-43)23-9-10-32(38-18-23)40-30-17-29(41-42(5)34(30)47)26-7-6-8-31(27(26)20-45)44-35(48)33-24(19-39-44)15-25(16-28(33)37)36(2,3)4;1-11(24)23-7-5-12(6-8-23)13-3-4-16(19-10-13)20-14-9-15(18)21-22(2)17(14)25/h6-10,15-19,22,45H,11-14,20H2,1-5H3,(H,38,40);3-4,9-10,12H,5-8H2,1-2H3,(H,19,20). The zero-order valence-corrected chi connectivity index (χ0v) is 42.6. The van der Waals surface area contributed by atoms with Crippen molar-refractivity contribution in [1.29, 1.82) is 0 Å². The molecule has 0 radical (unpaired) electrons. The van der Waals surface area contributed by atoms with Crippen LogP contribution >= 0.6 is 11.6 Å². The van der Waals surface area contributed by atoms with Gasteiger partial charge in [-0.3, -0.25) is 24.0 Å². The van der Waals surface area contributed by atoms with E-state index in [1.807, 2.05) is 61.0 Å². The number of amides is 2. The summed E-state index contributed by atoms with van der Waals surface area (Å²) in [7, 11) is 3.07. The van der Waals surface area contributed by atoms with Gasteiger partial charge in [-0.2, -0.15) is 20.0 Å². The Hall–Kier alpha value is -7.64. The van der Waals surface area contributed by atoms with E-state index in [0.29, 0.717) is 64.5 Å². The molecule has 0 atom stereocenters. The quantitative estimate of drug-likeness (QED) is 0.130. The number of likely N-dealkylation sites (tertiary alicyclic amines) is 2. The molecule has 3 N–H and O–H groups in total. The first-order valence-corrected chi connectivity index (χ1v) is 24.4. The SMILES string of the molecule is CC(=O)N1CCC(c2ccc(Nc3cc(-c4cccc(-n5ncc6cc(C(C)(C)C)cc(F)c6c5=O)c4CO)nn(C)c3=O)nc2)CC1.CC(=O)N1CCC(c2ccc(Nc3cc(Cl)nn(C)c3=O)nc2)CC1. The number of aliphatic hydroxyl groups excluding tert-OH is 1. The van der Waals surface area contributed by atoms with E-state index in [9.17, 15) is 29.1 Å². The molecule has 0 aliphatic carbocycles. The maximum absolute atomic E-state index is 15.4. The minimum atomic E-state index is -0.660. The van der Waals surface area contributed by atoms with E-state index in [4.69, 9.17) is 11.6 Å². The van der Waals surface area contributed by atoms with Gasteiger partial charge in [0.05, 0.1) is 29.6 Å². The summed E-state index contributed by atoms with van der Waals surface area (Å²) in [5, 5.41) is 29.8. The first kappa shape index (κ1) is 51.7. The van der Waals surface area contributed by atoms with E-state index >= 15 is 4.39 Å². The summed E-state index contributed by atoms with van der Waals surface area (Å²) in [6.07, 6.45) is 8.66. The van der Waals surface area contributed by atoms with E-state index in [1.54, 1.807) is 57.4 Å². The lowest BCUT2D eigenvalue weighted by molar-refractivity contribution is -0.130. The highest BCUT2D eigenvalue weighted by molar-refractivity contribution is 6.29. The van der Waals surface area contributed by atoms with Crippen molar-refractivity contribution < 1.29 is 19.1 Å².